The maximum absolute atomic E-state index is 12.5. The molecule has 0 radical (unpaired) electrons. The molecule has 5 nitrogen and oxygen atoms in total. The number of nitrogens with zero attached hydrogens (tertiary/aromatic N) is 3. The molecule has 1 atom stereocenters. The second kappa shape index (κ2) is 5.36. The van der Waals surface area contributed by atoms with Gasteiger partial charge in [0.05, 0.1) is 11.7 Å². The Morgan fingerprint density at radius 2 is 2.35 bits per heavy atom. The van der Waals surface area contributed by atoms with Crippen molar-refractivity contribution in [2.24, 2.45) is 0 Å². The van der Waals surface area contributed by atoms with E-state index < -0.39 is 0 Å². The number of pyridine rings is 1. The molecule has 3 rings (SSSR count). The SMILES string of the molecule is Cc1cc(C2CCCN2C(=O)c2ccc(Br)cn2)on1. The molecular weight excluding hydrogens is 322 g/mol. The Hall–Kier alpha value is -1.69. The summed E-state index contributed by atoms with van der Waals surface area (Å²) in [5.74, 6) is 0.694. The van der Waals surface area contributed by atoms with Crippen LogP contribution in [0.4, 0.5) is 0 Å². The first kappa shape index (κ1) is 13.3. The summed E-state index contributed by atoms with van der Waals surface area (Å²) in [6, 6.07) is 5.41. The summed E-state index contributed by atoms with van der Waals surface area (Å²) in [6.45, 7) is 2.60. The van der Waals surface area contributed by atoms with Gasteiger partial charge in [0.25, 0.3) is 5.91 Å². The summed E-state index contributed by atoms with van der Waals surface area (Å²) in [4.78, 5) is 18.5. The fraction of sp³-hybridized carbons (Fsp3) is 0.357. The summed E-state index contributed by atoms with van der Waals surface area (Å²) in [7, 11) is 0. The van der Waals surface area contributed by atoms with Crippen LogP contribution in [0.3, 0.4) is 0 Å². The molecule has 0 saturated carbocycles. The van der Waals surface area contributed by atoms with Crippen LogP contribution in [0, 0.1) is 6.92 Å². The zero-order chi connectivity index (χ0) is 14.1. The molecule has 2 aromatic heterocycles. The number of carbonyl (C=O) groups is 1. The van der Waals surface area contributed by atoms with Gasteiger partial charge in [0.15, 0.2) is 5.76 Å². The van der Waals surface area contributed by atoms with Gasteiger partial charge >= 0.3 is 0 Å². The minimum absolute atomic E-state index is 0.0332. The van der Waals surface area contributed by atoms with Crippen LogP contribution in [0.2, 0.25) is 0 Å². The normalized spacial score (nSPS) is 18.5. The largest absolute Gasteiger partial charge is 0.359 e. The number of hydrogen-bond donors (Lipinski definition) is 0. The van der Waals surface area contributed by atoms with E-state index in [4.69, 9.17) is 4.52 Å². The Morgan fingerprint density at radius 1 is 1.50 bits per heavy atom. The van der Waals surface area contributed by atoms with Crippen LogP contribution in [0.25, 0.3) is 0 Å². The van der Waals surface area contributed by atoms with Crippen LogP contribution in [-0.4, -0.2) is 27.5 Å². The van der Waals surface area contributed by atoms with Gasteiger partial charge in [-0.05, 0) is 47.8 Å². The van der Waals surface area contributed by atoms with Crippen molar-refractivity contribution in [3.63, 3.8) is 0 Å². The molecule has 1 unspecified atom stereocenters. The molecule has 104 valence electrons. The first-order valence-corrected chi connectivity index (χ1v) is 7.30. The first-order valence-electron chi connectivity index (χ1n) is 6.51. The highest BCUT2D eigenvalue weighted by atomic mass is 79.9. The molecule has 1 aliphatic rings. The fourth-order valence-electron chi connectivity index (χ4n) is 2.50. The van der Waals surface area contributed by atoms with Gasteiger partial charge in [0.1, 0.15) is 5.69 Å². The molecule has 2 aromatic rings. The lowest BCUT2D eigenvalue weighted by Gasteiger charge is -2.22. The highest BCUT2D eigenvalue weighted by Crippen LogP contribution is 2.33. The van der Waals surface area contributed by atoms with Crippen molar-refractivity contribution in [3.8, 4) is 0 Å². The summed E-state index contributed by atoms with van der Waals surface area (Å²) >= 11 is 3.32. The molecule has 0 aromatic carbocycles. The second-order valence-electron chi connectivity index (χ2n) is 4.89. The molecule has 20 heavy (non-hydrogen) atoms. The Labute approximate surface area is 125 Å². The Balaban J connectivity index is 1.85. The summed E-state index contributed by atoms with van der Waals surface area (Å²) in [5.41, 5.74) is 1.29. The van der Waals surface area contributed by atoms with E-state index in [9.17, 15) is 4.79 Å². The minimum Gasteiger partial charge on any atom is -0.359 e. The average molecular weight is 336 g/mol. The van der Waals surface area contributed by atoms with E-state index in [2.05, 4.69) is 26.1 Å². The molecule has 6 heteroatoms. The van der Waals surface area contributed by atoms with Crippen molar-refractivity contribution in [1.29, 1.82) is 0 Å². The zero-order valence-electron chi connectivity index (χ0n) is 11.0. The third kappa shape index (κ3) is 2.47. The van der Waals surface area contributed by atoms with Crippen molar-refractivity contribution in [1.82, 2.24) is 15.0 Å². The van der Waals surface area contributed by atoms with Gasteiger partial charge in [-0.15, -0.1) is 0 Å². The standard InChI is InChI=1S/C14H14BrN3O2/c1-9-7-13(20-17-9)12-3-2-6-18(12)14(19)11-5-4-10(15)8-16-11/h4-5,7-8,12H,2-3,6H2,1H3. The molecule has 0 N–H and O–H groups in total. The maximum Gasteiger partial charge on any atom is 0.273 e. The highest BCUT2D eigenvalue weighted by molar-refractivity contribution is 9.10. The lowest BCUT2D eigenvalue weighted by Crippen LogP contribution is -2.31. The zero-order valence-corrected chi connectivity index (χ0v) is 12.6. The van der Waals surface area contributed by atoms with Crippen LogP contribution in [0.5, 0.6) is 0 Å². The van der Waals surface area contributed by atoms with Crippen LogP contribution >= 0.6 is 15.9 Å². The van der Waals surface area contributed by atoms with Crippen molar-refractivity contribution < 1.29 is 9.32 Å². The van der Waals surface area contributed by atoms with E-state index in [0.717, 1.165) is 35.3 Å². The molecule has 0 bridgehead atoms. The van der Waals surface area contributed by atoms with E-state index in [1.807, 2.05) is 24.0 Å². The number of likely N-dealkylation sites (tertiary alicyclic amines) is 1. The van der Waals surface area contributed by atoms with E-state index in [0.29, 0.717) is 5.69 Å². The van der Waals surface area contributed by atoms with Crippen LogP contribution < -0.4 is 0 Å². The van der Waals surface area contributed by atoms with E-state index in [-0.39, 0.29) is 11.9 Å². The van der Waals surface area contributed by atoms with Crippen LogP contribution in [0.1, 0.15) is 40.8 Å². The molecule has 1 saturated heterocycles. The number of halogens is 1. The summed E-state index contributed by atoms with van der Waals surface area (Å²) in [6.07, 6.45) is 3.50. The molecule has 1 aliphatic heterocycles. The number of hydrogen-bond acceptors (Lipinski definition) is 4. The van der Waals surface area contributed by atoms with Crippen molar-refractivity contribution in [3.05, 3.63) is 46.0 Å². The second-order valence-corrected chi connectivity index (χ2v) is 5.80. The van der Waals surface area contributed by atoms with E-state index >= 15 is 0 Å². The third-order valence-electron chi connectivity index (χ3n) is 3.43. The molecule has 1 fully saturated rings. The Morgan fingerprint density at radius 3 is 3.00 bits per heavy atom. The van der Waals surface area contributed by atoms with Crippen LogP contribution in [-0.2, 0) is 0 Å². The molecular formula is C14H14BrN3O2. The predicted octanol–water partition coefficient (Wildman–Crippen LogP) is 3.12. The van der Waals surface area contributed by atoms with E-state index in [1.54, 1.807) is 12.3 Å². The highest BCUT2D eigenvalue weighted by Gasteiger charge is 2.33. The van der Waals surface area contributed by atoms with Crippen molar-refractivity contribution in [2.75, 3.05) is 6.54 Å². The van der Waals surface area contributed by atoms with Gasteiger partial charge in [-0.1, -0.05) is 5.16 Å². The molecule has 3 heterocycles. The molecule has 0 spiro atoms. The van der Waals surface area contributed by atoms with Crippen molar-refractivity contribution in [2.45, 2.75) is 25.8 Å². The van der Waals surface area contributed by atoms with E-state index in [1.165, 1.54) is 0 Å². The van der Waals surface area contributed by atoms with Crippen LogP contribution in [0.15, 0.2) is 33.4 Å². The number of aromatic nitrogens is 2. The average Bonchev–Trinajstić information content (AvgIpc) is 3.07. The molecule has 0 aliphatic carbocycles. The van der Waals surface area contributed by atoms with Gasteiger partial charge in [0, 0.05) is 23.3 Å². The number of carbonyl (C=O) groups excluding carboxylic acids is 1. The van der Waals surface area contributed by atoms with Gasteiger partial charge in [-0.25, -0.2) is 4.98 Å². The van der Waals surface area contributed by atoms with Crippen molar-refractivity contribution >= 4 is 21.8 Å². The fourth-order valence-corrected chi connectivity index (χ4v) is 2.73. The van der Waals surface area contributed by atoms with Gasteiger partial charge in [-0.2, -0.15) is 0 Å². The lowest BCUT2D eigenvalue weighted by molar-refractivity contribution is 0.0708. The maximum atomic E-state index is 12.5. The quantitative estimate of drug-likeness (QED) is 0.845. The van der Waals surface area contributed by atoms with Gasteiger partial charge < -0.3 is 9.42 Å². The van der Waals surface area contributed by atoms with Gasteiger partial charge in [-0.3, -0.25) is 4.79 Å². The van der Waals surface area contributed by atoms with Gasteiger partial charge in [0.2, 0.25) is 0 Å². The molecule has 1 amide bonds. The number of rotatable bonds is 2. The number of aryl methyl sites for hydroxylation is 1. The predicted molar refractivity (Wildman–Crippen MR) is 76.2 cm³/mol. The Kier molecular flexibility index (Phi) is 3.56. The minimum atomic E-state index is -0.0611. The monoisotopic (exact) mass is 335 g/mol. The first-order chi connectivity index (χ1) is 9.65. The topological polar surface area (TPSA) is 59.2 Å². The Bertz CT molecular complexity index is 624. The summed E-state index contributed by atoms with van der Waals surface area (Å²) in [5, 5.41) is 3.90. The number of amides is 1. The smallest absolute Gasteiger partial charge is 0.273 e. The summed E-state index contributed by atoms with van der Waals surface area (Å²) < 4.78 is 6.17. The third-order valence-corrected chi connectivity index (χ3v) is 3.90. The lowest BCUT2D eigenvalue weighted by atomic mass is 10.1.